The molecule has 0 fully saturated rings. The standard InChI is InChI=1S/C22H29NO4/c24-22(25)13-14-23-17-19-9-11-21(12-10-19)27-16-6-2-5-15-26-18-20-7-3-1-4-8-20/h1,3-4,7-12,23H,2,5-6,13-18H2,(H,24,25). The Bertz CT molecular complexity index is 643. The highest BCUT2D eigenvalue weighted by molar-refractivity contribution is 5.66. The summed E-state index contributed by atoms with van der Waals surface area (Å²) >= 11 is 0. The van der Waals surface area contributed by atoms with Gasteiger partial charge in [0.1, 0.15) is 5.75 Å². The molecule has 5 heteroatoms. The van der Waals surface area contributed by atoms with E-state index < -0.39 is 5.97 Å². The molecule has 0 unspecified atom stereocenters. The smallest absolute Gasteiger partial charge is 0.304 e. The number of unbranched alkanes of at least 4 members (excludes halogenated alkanes) is 2. The maximum Gasteiger partial charge on any atom is 0.304 e. The predicted octanol–water partition coefficient (Wildman–Crippen LogP) is 4.02. The molecule has 0 amide bonds. The van der Waals surface area contributed by atoms with Crippen LogP contribution in [0.1, 0.15) is 36.8 Å². The molecule has 0 bridgehead atoms. The van der Waals surface area contributed by atoms with E-state index in [2.05, 4.69) is 17.4 Å². The summed E-state index contributed by atoms with van der Waals surface area (Å²) in [6.07, 6.45) is 3.27. The van der Waals surface area contributed by atoms with Crippen molar-refractivity contribution < 1.29 is 19.4 Å². The van der Waals surface area contributed by atoms with Gasteiger partial charge in [-0.3, -0.25) is 4.79 Å². The lowest BCUT2D eigenvalue weighted by molar-refractivity contribution is -0.136. The first-order valence-electron chi connectivity index (χ1n) is 9.50. The lowest BCUT2D eigenvalue weighted by Crippen LogP contribution is -2.17. The average Bonchev–Trinajstić information content (AvgIpc) is 2.69. The van der Waals surface area contributed by atoms with Crippen molar-refractivity contribution in [1.82, 2.24) is 5.32 Å². The van der Waals surface area contributed by atoms with Gasteiger partial charge in [0.05, 0.1) is 19.6 Å². The topological polar surface area (TPSA) is 67.8 Å². The van der Waals surface area contributed by atoms with E-state index in [-0.39, 0.29) is 6.42 Å². The second kappa shape index (κ2) is 12.9. The fourth-order valence-electron chi connectivity index (χ4n) is 2.57. The Balaban J connectivity index is 1.47. The molecular formula is C22H29NO4. The molecule has 0 atom stereocenters. The van der Waals surface area contributed by atoms with E-state index in [1.807, 2.05) is 42.5 Å². The van der Waals surface area contributed by atoms with Crippen molar-refractivity contribution >= 4 is 5.97 Å². The van der Waals surface area contributed by atoms with Gasteiger partial charge >= 0.3 is 5.97 Å². The fraction of sp³-hybridized carbons (Fsp3) is 0.409. The minimum atomic E-state index is -0.783. The molecule has 0 radical (unpaired) electrons. The third-order valence-electron chi connectivity index (χ3n) is 4.08. The Morgan fingerprint density at radius 2 is 1.63 bits per heavy atom. The quantitative estimate of drug-likeness (QED) is 0.491. The molecule has 0 saturated heterocycles. The van der Waals surface area contributed by atoms with Crippen molar-refractivity contribution in [2.75, 3.05) is 19.8 Å². The van der Waals surface area contributed by atoms with Gasteiger partial charge in [0, 0.05) is 19.7 Å². The maximum atomic E-state index is 10.4. The average molecular weight is 371 g/mol. The second-order valence-corrected chi connectivity index (χ2v) is 6.41. The molecule has 5 nitrogen and oxygen atoms in total. The van der Waals surface area contributed by atoms with Gasteiger partial charge in [-0.05, 0) is 42.5 Å². The normalized spacial score (nSPS) is 10.7. The van der Waals surface area contributed by atoms with Gasteiger partial charge in [-0.1, -0.05) is 42.5 Å². The predicted molar refractivity (Wildman–Crippen MR) is 106 cm³/mol. The second-order valence-electron chi connectivity index (χ2n) is 6.41. The van der Waals surface area contributed by atoms with E-state index in [1.165, 1.54) is 5.56 Å². The first-order chi connectivity index (χ1) is 13.2. The number of aliphatic carboxylic acids is 1. The van der Waals surface area contributed by atoms with Gasteiger partial charge in [0.25, 0.3) is 0 Å². The first-order valence-corrected chi connectivity index (χ1v) is 9.50. The number of benzene rings is 2. The van der Waals surface area contributed by atoms with Gasteiger partial charge in [-0.2, -0.15) is 0 Å². The molecule has 27 heavy (non-hydrogen) atoms. The number of nitrogens with one attached hydrogen (secondary N) is 1. The number of carboxylic acid groups (broad SMARTS) is 1. The molecule has 2 aromatic carbocycles. The molecule has 2 N–H and O–H groups in total. The zero-order valence-corrected chi connectivity index (χ0v) is 15.7. The van der Waals surface area contributed by atoms with Crippen molar-refractivity contribution in [3.05, 3.63) is 65.7 Å². The summed E-state index contributed by atoms with van der Waals surface area (Å²) in [5.41, 5.74) is 2.32. The van der Waals surface area contributed by atoms with Crippen LogP contribution in [0.25, 0.3) is 0 Å². The van der Waals surface area contributed by atoms with Crippen LogP contribution in [0.15, 0.2) is 54.6 Å². The SMILES string of the molecule is O=C(O)CCNCc1ccc(OCCCCCOCc2ccccc2)cc1. The zero-order chi connectivity index (χ0) is 19.2. The van der Waals surface area contributed by atoms with E-state index in [9.17, 15) is 4.79 Å². The molecule has 2 aromatic rings. The van der Waals surface area contributed by atoms with Crippen LogP contribution in [0.3, 0.4) is 0 Å². The minimum absolute atomic E-state index is 0.137. The molecule has 0 aromatic heterocycles. The van der Waals surface area contributed by atoms with Crippen LogP contribution >= 0.6 is 0 Å². The minimum Gasteiger partial charge on any atom is -0.494 e. The van der Waals surface area contributed by atoms with E-state index in [1.54, 1.807) is 0 Å². The van der Waals surface area contributed by atoms with E-state index in [4.69, 9.17) is 14.6 Å². The van der Waals surface area contributed by atoms with Crippen molar-refractivity contribution in [2.45, 2.75) is 38.8 Å². The Kier molecular flexibility index (Phi) is 10.0. The highest BCUT2D eigenvalue weighted by Crippen LogP contribution is 2.13. The molecule has 0 aliphatic rings. The molecule has 146 valence electrons. The number of ether oxygens (including phenoxy) is 2. The molecule has 2 rings (SSSR count). The monoisotopic (exact) mass is 371 g/mol. The molecular weight excluding hydrogens is 342 g/mol. The molecule has 0 saturated carbocycles. The van der Waals surface area contributed by atoms with Gasteiger partial charge in [-0.15, -0.1) is 0 Å². The van der Waals surface area contributed by atoms with Gasteiger partial charge in [-0.25, -0.2) is 0 Å². The van der Waals surface area contributed by atoms with Crippen molar-refractivity contribution in [2.24, 2.45) is 0 Å². The Labute approximate surface area is 161 Å². The summed E-state index contributed by atoms with van der Waals surface area (Å²) < 4.78 is 11.4. The van der Waals surface area contributed by atoms with Crippen LogP contribution in [0.4, 0.5) is 0 Å². The Morgan fingerprint density at radius 1 is 0.889 bits per heavy atom. The molecule has 0 heterocycles. The number of carboxylic acids is 1. The van der Waals surface area contributed by atoms with Gasteiger partial charge < -0.3 is 19.9 Å². The lowest BCUT2D eigenvalue weighted by Gasteiger charge is -2.08. The van der Waals surface area contributed by atoms with Crippen molar-refractivity contribution in [3.8, 4) is 5.75 Å². The highest BCUT2D eigenvalue weighted by atomic mass is 16.5. The maximum absolute atomic E-state index is 10.4. The van der Waals surface area contributed by atoms with Crippen LogP contribution in [0.5, 0.6) is 5.75 Å². The molecule has 0 aliphatic heterocycles. The van der Waals surface area contributed by atoms with E-state index >= 15 is 0 Å². The van der Waals surface area contributed by atoms with E-state index in [0.29, 0.717) is 26.3 Å². The van der Waals surface area contributed by atoms with E-state index in [0.717, 1.165) is 37.2 Å². The summed E-state index contributed by atoms with van der Waals surface area (Å²) in [4.78, 5) is 10.4. The third kappa shape index (κ3) is 9.78. The Hall–Kier alpha value is -2.37. The van der Waals surface area contributed by atoms with Crippen LogP contribution in [-0.4, -0.2) is 30.8 Å². The highest BCUT2D eigenvalue weighted by Gasteiger charge is 1.99. The van der Waals surface area contributed by atoms with Crippen LogP contribution in [0.2, 0.25) is 0 Å². The number of rotatable bonds is 14. The number of hydrogen-bond donors (Lipinski definition) is 2. The summed E-state index contributed by atoms with van der Waals surface area (Å²) in [5, 5.41) is 11.7. The fourth-order valence-corrected chi connectivity index (χ4v) is 2.57. The van der Waals surface area contributed by atoms with Gasteiger partial charge in [0.2, 0.25) is 0 Å². The largest absolute Gasteiger partial charge is 0.494 e. The summed E-state index contributed by atoms with van der Waals surface area (Å²) in [5.74, 6) is 0.0821. The zero-order valence-electron chi connectivity index (χ0n) is 15.7. The van der Waals surface area contributed by atoms with Crippen molar-refractivity contribution in [3.63, 3.8) is 0 Å². The first kappa shape index (κ1) is 20.9. The number of carbonyl (C=O) groups is 1. The lowest BCUT2D eigenvalue weighted by atomic mass is 10.2. The summed E-state index contributed by atoms with van der Waals surface area (Å²) in [6, 6.07) is 18.1. The van der Waals surface area contributed by atoms with Gasteiger partial charge in [0.15, 0.2) is 0 Å². The molecule has 0 aliphatic carbocycles. The summed E-state index contributed by atoms with van der Waals surface area (Å²) in [7, 11) is 0. The van der Waals surface area contributed by atoms with Crippen molar-refractivity contribution in [1.29, 1.82) is 0 Å². The molecule has 0 spiro atoms. The van der Waals surface area contributed by atoms with Crippen LogP contribution in [0, 0.1) is 0 Å². The van der Waals surface area contributed by atoms with Crippen LogP contribution < -0.4 is 10.1 Å². The summed E-state index contributed by atoms with van der Waals surface area (Å²) in [6.45, 7) is 3.29. The van der Waals surface area contributed by atoms with Crippen LogP contribution in [-0.2, 0) is 22.7 Å². The Morgan fingerprint density at radius 3 is 2.37 bits per heavy atom. The number of hydrogen-bond acceptors (Lipinski definition) is 4. The third-order valence-corrected chi connectivity index (χ3v) is 4.08.